The van der Waals surface area contributed by atoms with Crippen LogP contribution in [0, 0.1) is 0 Å². The van der Waals surface area contributed by atoms with Gasteiger partial charge in [-0.2, -0.15) is 0 Å². The number of pyridine rings is 2. The zero-order valence-corrected chi connectivity index (χ0v) is 8.41. The lowest BCUT2D eigenvalue weighted by atomic mass is 10.2. The van der Waals surface area contributed by atoms with Crippen LogP contribution in [0.4, 0.5) is 0 Å². The van der Waals surface area contributed by atoms with E-state index in [1.165, 1.54) is 0 Å². The molecule has 0 aromatic carbocycles. The SMILES string of the molecule is c1cnc2nc(-c3ccncc3)ncc2c1. The van der Waals surface area contributed by atoms with Crippen molar-refractivity contribution in [2.24, 2.45) is 0 Å². The third kappa shape index (κ3) is 1.50. The summed E-state index contributed by atoms with van der Waals surface area (Å²) in [6.07, 6.45) is 6.96. The standard InChI is InChI=1S/C12H8N4/c1-2-10-8-15-11(16-12(10)14-5-1)9-3-6-13-7-4-9/h1-8H. The molecule has 3 heterocycles. The third-order valence-corrected chi connectivity index (χ3v) is 2.29. The van der Waals surface area contributed by atoms with Crippen molar-refractivity contribution in [3.05, 3.63) is 49.1 Å². The van der Waals surface area contributed by atoms with E-state index in [2.05, 4.69) is 19.9 Å². The average Bonchev–Trinajstić information content (AvgIpc) is 2.39. The maximum Gasteiger partial charge on any atom is 0.163 e. The van der Waals surface area contributed by atoms with Crippen LogP contribution in [0.25, 0.3) is 22.4 Å². The van der Waals surface area contributed by atoms with Gasteiger partial charge in [0, 0.05) is 35.7 Å². The minimum atomic E-state index is 0.675. The van der Waals surface area contributed by atoms with E-state index in [0.29, 0.717) is 11.5 Å². The molecule has 0 saturated carbocycles. The number of hydrogen-bond acceptors (Lipinski definition) is 4. The van der Waals surface area contributed by atoms with E-state index in [-0.39, 0.29) is 0 Å². The Balaban J connectivity index is 2.19. The van der Waals surface area contributed by atoms with Gasteiger partial charge >= 0.3 is 0 Å². The van der Waals surface area contributed by atoms with Gasteiger partial charge in [-0.1, -0.05) is 0 Å². The molecule has 0 unspecified atom stereocenters. The Morgan fingerprint density at radius 3 is 2.62 bits per heavy atom. The third-order valence-electron chi connectivity index (χ3n) is 2.29. The van der Waals surface area contributed by atoms with Crippen molar-refractivity contribution in [1.29, 1.82) is 0 Å². The molecule has 3 rings (SSSR count). The van der Waals surface area contributed by atoms with Crippen LogP contribution in [0.5, 0.6) is 0 Å². The van der Waals surface area contributed by atoms with E-state index < -0.39 is 0 Å². The molecule has 3 aromatic rings. The average molecular weight is 208 g/mol. The number of hydrogen-bond donors (Lipinski definition) is 0. The Hall–Kier alpha value is -2.36. The van der Waals surface area contributed by atoms with Gasteiger partial charge in [-0.15, -0.1) is 0 Å². The molecule has 0 atom stereocenters. The maximum absolute atomic E-state index is 4.40. The van der Waals surface area contributed by atoms with E-state index in [1.807, 2.05) is 24.3 Å². The van der Waals surface area contributed by atoms with Gasteiger partial charge < -0.3 is 0 Å². The lowest BCUT2D eigenvalue weighted by Crippen LogP contribution is -1.91. The second-order valence-corrected chi connectivity index (χ2v) is 3.35. The minimum absolute atomic E-state index is 0.675. The first-order valence-electron chi connectivity index (χ1n) is 4.92. The predicted octanol–water partition coefficient (Wildman–Crippen LogP) is 2.09. The second-order valence-electron chi connectivity index (χ2n) is 3.35. The van der Waals surface area contributed by atoms with Gasteiger partial charge in [0.25, 0.3) is 0 Å². The quantitative estimate of drug-likeness (QED) is 0.614. The van der Waals surface area contributed by atoms with Gasteiger partial charge in [-0.3, -0.25) is 4.98 Å². The number of rotatable bonds is 1. The molecule has 0 N–H and O–H groups in total. The molecule has 0 aliphatic heterocycles. The summed E-state index contributed by atoms with van der Waals surface area (Å²) in [5.41, 5.74) is 1.66. The van der Waals surface area contributed by atoms with Crippen LogP contribution in [0.1, 0.15) is 0 Å². The van der Waals surface area contributed by atoms with Crippen LogP contribution in [0.3, 0.4) is 0 Å². The van der Waals surface area contributed by atoms with Gasteiger partial charge in [-0.05, 0) is 24.3 Å². The first-order chi connectivity index (χ1) is 7.93. The van der Waals surface area contributed by atoms with Crippen LogP contribution in [0.2, 0.25) is 0 Å². The fraction of sp³-hybridized carbons (Fsp3) is 0. The van der Waals surface area contributed by atoms with Gasteiger partial charge in [0.1, 0.15) is 0 Å². The Morgan fingerprint density at radius 2 is 1.75 bits per heavy atom. The summed E-state index contributed by atoms with van der Waals surface area (Å²) in [7, 11) is 0. The first-order valence-corrected chi connectivity index (χ1v) is 4.92. The topological polar surface area (TPSA) is 51.6 Å². The van der Waals surface area contributed by atoms with Crippen molar-refractivity contribution < 1.29 is 0 Å². The molecule has 0 aliphatic carbocycles. The summed E-state index contributed by atoms with van der Waals surface area (Å²) in [4.78, 5) is 16.9. The summed E-state index contributed by atoms with van der Waals surface area (Å²) in [6, 6.07) is 7.57. The molecule has 0 bridgehead atoms. The fourth-order valence-corrected chi connectivity index (χ4v) is 1.50. The predicted molar refractivity (Wildman–Crippen MR) is 60.6 cm³/mol. The van der Waals surface area contributed by atoms with Crippen LogP contribution in [0.15, 0.2) is 49.1 Å². The van der Waals surface area contributed by atoms with E-state index in [4.69, 9.17) is 0 Å². The zero-order chi connectivity index (χ0) is 10.8. The molecule has 4 heteroatoms. The highest BCUT2D eigenvalue weighted by Gasteiger charge is 2.02. The molecule has 0 fully saturated rings. The molecule has 4 nitrogen and oxygen atoms in total. The summed E-state index contributed by atoms with van der Waals surface area (Å²) in [5, 5.41) is 0.945. The smallest absolute Gasteiger partial charge is 0.163 e. The molecule has 0 spiro atoms. The zero-order valence-electron chi connectivity index (χ0n) is 8.41. The van der Waals surface area contributed by atoms with Crippen LogP contribution >= 0.6 is 0 Å². The van der Waals surface area contributed by atoms with E-state index >= 15 is 0 Å². The lowest BCUT2D eigenvalue weighted by molar-refractivity contribution is 1.18. The Bertz CT molecular complexity index is 622. The van der Waals surface area contributed by atoms with E-state index in [0.717, 1.165) is 10.9 Å². The summed E-state index contributed by atoms with van der Waals surface area (Å²) < 4.78 is 0. The lowest BCUT2D eigenvalue weighted by Gasteiger charge is -2.00. The molecule has 0 amide bonds. The molecule has 0 radical (unpaired) electrons. The number of nitrogens with zero attached hydrogens (tertiary/aromatic N) is 4. The highest BCUT2D eigenvalue weighted by molar-refractivity contribution is 5.75. The Morgan fingerprint density at radius 1 is 0.875 bits per heavy atom. The Labute approximate surface area is 92.0 Å². The van der Waals surface area contributed by atoms with E-state index in [9.17, 15) is 0 Å². The van der Waals surface area contributed by atoms with Crippen LogP contribution in [-0.2, 0) is 0 Å². The number of aromatic nitrogens is 4. The first kappa shape index (κ1) is 8.91. The second kappa shape index (κ2) is 3.66. The number of fused-ring (bicyclic) bond motifs is 1. The van der Waals surface area contributed by atoms with Crippen molar-refractivity contribution in [2.45, 2.75) is 0 Å². The highest BCUT2D eigenvalue weighted by Crippen LogP contribution is 2.15. The molecule has 0 saturated heterocycles. The normalized spacial score (nSPS) is 10.5. The van der Waals surface area contributed by atoms with Gasteiger partial charge in [0.15, 0.2) is 11.5 Å². The van der Waals surface area contributed by atoms with Gasteiger partial charge in [0.05, 0.1) is 0 Å². The van der Waals surface area contributed by atoms with Crippen molar-refractivity contribution in [1.82, 2.24) is 19.9 Å². The molecule has 76 valence electrons. The molecule has 0 aliphatic rings. The summed E-state index contributed by atoms with van der Waals surface area (Å²) in [5.74, 6) is 0.675. The van der Waals surface area contributed by atoms with Crippen molar-refractivity contribution >= 4 is 11.0 Å². The van der Waals surface area contributed by atoms with Gasteiger partial charge in [-0.25, -0.2) is 15.0 Å². The van der Waals surface area contributed by atoms with Crippen LogP contribution in [-0.4, -0.2) is 19.9 Å². The molecule has 3 aromatic heterocycles. The molecular formula is C12H8N4. The maximum atomic E-state index is 4.40. The van der Waals surface area contributed by atoms with Crippen LogP contribution < -0.4 is 0 Å². The van der Waals surface area contributed by atoms with Crippen molar-refractivity contribution in [3.63, 3.8) is 0 Å². The molecule has 16 heavy (non-hydrogen) atoms. The van der Waals surface area contributed by atoms with Crippen molar-refractivity contribution in [2.75, 3.05) is 0 Å². The van der Waals surface area contributed by atoms with Crippen molar-refractivity contribution in [3.8, 4) is 11.4 Å². The largest absolute Gasteiger partial charge is 0.265 e. The fourth-order valence-electron chi connectivity index (χ4n) is 1.50. The monoisotopic (exact) mass is 208 g/mol. The highest BCUT2D eigenvalue weighted by atomic mass is 14.9. The van der Waals surface area contributed by atoms with E-state index in [1.54, 1.807) is 24.8 Å². The Kier molecular flexibility index (Phi) is 2.04. The minimum Gasteiger partial charge on any atom is -0.265 e. The summed E-state index contributed by atoms with van der Waals surface area (Å²) in [6.45, 7) is 0. The summed E-state index contributed by atoms with van der Waals surface area (Å²) >= 11 is 0. The molecular weight excluding hydrogens is 200 g/mol. The van der Waals surface area contributed by atoms with Gasteiger partial charge in [0.2, 0.25) is 0 Å².